The molecule has 3 N–H and O–H groups in total. The fourth-order valence-corrected chi connectivity index (χ4v) is 2.44. The van der Waals surface area contributed by atoms with Gasteiger partial charge in [0.25, 0.3) is 0 Å². The van der Waals surface area contributed by atoms with E-state index in [0.29, 0.717) is 12.8 Å². The number of nitrogens with two attached hydrogens (primary N) is 1. The second-order valence-corrected chi connectivity index (χ2v) is 5.87. The van der Waals surface area contributed by atoms with E-state index >= 15 is 0 Å². The van der Waals surface area contributed by atoms with Gasteiger partial charge in [-0.1, -0.05) is 0 Å². The summed E-state index contributed by atoms with van der Waals surface area (Å²) in [4.78, 5) is 22.8. The van der Waals surface area contributed by atoms with Crippen molar-refractivity contribution in [3.8, 4) is 0 Å². The zero-order valence-electron chi connectivity index (χ0n) is 11.6. The molecule has 1 heterocycles. The largest absolute Gasteiger partial charge is 0.435 e. The first-order chi connectivity index (χ1) is 9.02. The molecular formula is C12H22BN2O3S. The Morgan fingerprint density at radius 1 is 1.53 bits per heavy atom. The van der Waals surface area contributed by atoms with Gasteiger partial charge in [0.2, 0.25) is 5.91 Å². The van der Waals surface area contributed by atoms with Crippen LogP contribution in [0.5, 0.6) is 0 Å². The maximum absolute atomic E-state index is 11.8. The normalized spacial score (nSPS) is 24.4. The van der Waals surface area contributed by atoms with E-state index in [1.165, 1.54) is 0 Å². The lowest BCUT2D eigenvalue weighted by atomic mass is 9.79. The Bertz CT molecular complexity index is 309. The van der Waals surface area contributed by atoms with Crippen molar-refractivity contribution in [3.63, 3.8) is 0 Å². The molecule has 0 aromatic heterocycles. The second kappa shape index (κ2) is 8.61. The number of Topliss-reactive ketones (excluding diaryl/α,β-unsaturated/α-hetero) is 1. The number of amides is 1. The molecule has 0 aliphatic carbocycles. The fraction of sp³-hybridized carbons (Fsp3) is 0.833. The molecule has 0 aromatic carbocycles. The van der Waals surface area contributed by atoms with Gasteiger partial charge >= 0.3 is 7.48 Å². The highest BCUT2D eigenvalue weighted by Gasteiger charge is 2.26. The molecule has 1 fully saturated rings. The van der Waals surface area contributed by atoms with E-state index in [1.54, 1.807) is 26.2 Å². The average molecular weight is 285 g/mol. The van der Waals surface area contributed by atoms with Gasteiger partial charge in [0.15, 0.2) is 0 Å². The van der Waals surface area contributed by atoms with Crippen LogP contribution in [0.4, 0.5) is 0 Å². The quantitative estimate of drug-likeness (QED) is 0.657. The van der Waals surface area contributed by atoms with Crippen molar-refractivity contribution in [2.75, 3.05) is 12.0 Å². The first-order valence-corrected chi connectivity index (χ1v) is 7.95. The van der Waals surface area contributed by atoms with Crippen LogP contribution in [-0.2, 0) is 14.2 Å². The molecule has 1 radical (unpaired) electrons. The highest BCUT2D eigenvalue weighted by Crippen LogP contribution is 2.15. The van der Waals surface area contributed by atoms with Crippen LogP contribution in [0.25, 0.3) is 0 Å². The van der Waals surface area contributed by atoms with Crippen molar-refractivity contribution < 1.29 is 14.2 Å². The van der Waals surface area contributed by atoms with Gasteiger partial charge in [-0.2, -0.15) is 11.8 Å². The SMILES string of the molecule is CSCCC(N)C(=O)NC1[B]OC(CC(C)=O)CC1. The average Bonchev–Trinajstić information content (AvgIpc) is 2.37. The Morgan fingerprint density at radius 3 is 2.79 bits per heavy atom. The molecule has 0 saturated carbocycles. The van der Waals surface area contributed by atoms with Crippen LogP contribution < -0.4 is 11.1 Å². The molecule has 19 heavy (non-hydrogen) atoms. The topological polar surface area (TPSA) is 81.4 Å². The van der Waals surface area contributed by atoms with Crippen LogP contribution in [0.2, 0.25) is 0 Å². The summed E-state index contributed by atoms with van der Waals surface area (Å²) in [5, 5.41) is 2.86. The molecule has 0 spiro atoms. The van der Waals surface area contributed by atoms with E-state index in [9.17, 15) is 9.59 Å². The third-order valence-corrected chi connectivity index (χ3v) is 3.69. The number of hydrogen-bond donors (Lipinski definition) is 2. The van der Waals surface area contributed by atoms with Crippen LogP contribution in [0.15, 0.2) is 0 Å². The van der Waals surface area contributed by atoms with E-state index in [4.69, 9.17) is 10.4 Å². The van der Waals surface area contributed by atoms with Crippen LogP contribution in [0.3, 0.4) is 0 Å². The predicted molar refractivity (Wildman–Crippen MR) is 78.1 cm³/mol. The molecule has 1 amide bonds. The van der Waals surface area contributed by atoms with Gasteiger partial charge in [-0.3, -0.25) is 9.59 Å². The van der Waals surface area contributed by atoms with Crippen LogP contribution >= 0.6 is 11.8 Å². The number of rotatable bonds is 7. The molecule has 1 aliphatic rings. The standard InChI is InChI=1S/C12H22BN2O3S/c1-8(16)7-9-3-4-11(13-18-9)15-12(17)10(14)5-6-19-2/h9-11H,3-7,14H2,1-2H3,(H,15,17). The third-order valence-electron chi connectivity index (χ3n) is 3.05. The number of carbonyl (C=O) groups excluding carboxylic acids is 2. The number of nitrogens with one attached hydrogen (secondary N) is 1. The van der Waals surface area contributed by atoms with Crippen LogP contribution in [0.1, 0.15) is 32.6 Å². The molecule has 0 bridgehead atoms. The van der Waals surface area contributed by atoms with Crippen LogP contribution in [-0.4, -0.2) is 49.3 Å². The van der Waals surface area contributed by atoms with Gasteiger partial charge in [0.1, 0.15) is 5.78 Å². The summed E-state index contributed by atoms with van der Waals surface area (Å²) in [5.74, 6) is 0.764. The molecule has 3 unspecified atom stereocenters. The molecule has 1 saturated heterocycles. The molecule has 7 heteroatoms. The maximum Gasteiger partial charge on any atom is 0.317 e. The predicted octanol–water partition coefficient (Wildman–Crippen LogP) is 0.286. The summed E-state index contributed by atoms with van der Waals surface area (Å²) in [7, 11) is 1.62. The monoisotopic (exact) mass is 285 g/mol. The first kappa shape index (κ1) is 16.5. The zero-order valence-corrected chi connectivity index (χ0v) is 12.4. The molecule has 0 aromatic rings. The lowest BCUT2D eigenvalue weighted by molar-refractivity contribution is -0.123. The molecule has 1 rings (SSSR count). The Kier molecular flexibility index (Phi) is 7.49. The lowest BCUT2D eigenvalue weighted by Gasteiger charge is -2.29. The number of hydrogen-bond acceptors (Lipinski definition) is 5. The smallest absolute Gasteiger partial charge is 0.317 e. The van der Waals surface area contributed by atoms with Crippen molar-refractivity contribution in [2.24, 2.45) is 5.73 Å². The minimum atomic E-state index is -0.462. The van der Waals surface area contributed by atoms with E-state index < -0.39 is 6.04 Å². The molecule has 3 atom stereocenters. The van der Waals surface area contributed by atoms with Gasteiger partial charge in [-0.15, -0.1) is 0 Å². The zero-order chi connectivity index (χ0) is 14.3. The highest BCUT2D eigenvalue weighted by molar-refractivity contribution is 7.98. The molecule has 107 valence electrons. The first-order valence-electron chi connectivity index (χ1n) is 6.56. The number of carbonyl (C=O) groups is 2. The minimum Gasteiger partial charge on any atom is -0.435 e. The van der Waals surface area contributed by atoms with E-state index in [-0.39, 0.29) is 23.7 Å². The van der Waals surface area contributed by atoms with Gasteiger partial charge in [0, 0.05) is 18.5 Å². The summed E-state index contributed by atoms with van der Waals surface area (Å²) in [6.45, 7) is 1.56. The Balaban J connectivity index is 2.24. The third kappa shape index (κ3) is 6.45. The van der Waals surface area contributed by atoms with Gasteiger partial charge < -0.3 is 15.7 Å². The van der Waals surface area contributed by atoms with Crippen molar-refractivity contribution in [2.45, 2.75) is 50.7 Å². The van der Waals surface area contributed by atoms with E-state index in [1.807, 2.05) is 6.26 Å². The lowest BCUT2D eigenvalue weighted by Crippen LogP contribution is -2.50. The molecule has 1 aliphatic heterocycles. The Morgan fingerprint density at radius 2 is 2.26 bits per heavy atom. The summed E-state index contributed by atoms with van der Waals surface area (Å²) in [6, 6.07) is -0.462. The van der Waals surface area contributed by atoms with Crippen molar-refractivity contribution in [3.05, 3.63) is 0 Å². The van der Waals surface area contributed by atoms with Crippen molar-refractivity contribution in [1.29, 1.82) is 0 Å². The second-order valence-electron chi connectivity index (χ2n) is 4.88. The van der Waals surface area contributed by atoms with Crippen LogP contribution in [0, 0.1) is 0 Å². The summed E-state index contributed by atoms with van der Waals surface area (Å²) in [5.41, 5.74) is 5.79. The fourth-order valence-electron chi connectivity index (χ4n) is 1.95. The number of ketones is 1. The summed E-state index contributed by atoms with van der Waals surface area (Å²) in [6.07, 6.45) is 4.62. The Hall–Kier alpha value is -0.525. The number of thioether (sulfide) groups is 1. The minimum absolute atomic E-state index is 0.0455. The van der Waals surface area contributed by atoms with E-state index in [0.717, 1.165) is 18.6 Å². The molecular weight excluding hydrogens is 263 g/mol. The molecule has 5 nitrogen and oxygen atoms in total. The van der Waals surface area contributed by atoms with Crippen molar-refractivity contribution >= 4 is 30.9 Å². The highest BCUT2D eigenvalue weighted by atomic mass is 32.2. The summed E-state index contributed by atoms with van der Waals surface area (Å²) >= 11 is 1.67. The van der Waals surface area contributed by atoms with Gasteiger partial charge in [0.05, 0.1) is 6.04 Å². The van der Waals surface area contributed by atoms with Gasteiger partial charge in [-0.25, -0.2) is 0 Å². The summed E-state index contributed by atoms with van der Waals surface area (Å²) < 4.78 is 5.46. The van der Waals surface area contributed by atoms with Gasteiger partial charge in [-0.05, 0) is 38.2 Å². The Labute approximate surface area is 119 Å². The van der Waals surface area contributed by atoms with Crippen molar-refractivity contribution in [1.82, 2.24) is 5.32 Å². The van der Waals surface area contributed by atoms with E-state index in [2.05, 4.69) is 5.32 Å². The maximum atomic E-state index is 11.8.